The summed E-state index contributed by atoms with van der Waals surface area (Å²) < 4.78 is 6.69. The zero-order valence-electron chi connectivity index (χ0n) is 12.4. The van der Waals surface area contributed by atoms with Gasteiger partial charge >= 0.3 is 5.97 Å². The average molecular weight is 303 g/mol. The second-order valence-corrected chi connectivity index (χ2v) is 4.68. The van der Waals surface area contributed by atoms with E-state index in [0.717, 1.165) is 5.56 Å². The fraction of sp³-hybridized carbons (Fsp3) is 0.267. The fourth-order valence-electron chi connectivity index (χ4n) is 2.08. The summed E-state index contributed by atoms with van der Waals surface area (Å²) in [6.45, 7) is 0.410. The quantitative estimate of drug-likeness (QED) is 0.833. The zero-order valence-corrected chi connectivity index (χ0v) is 12.4. The first kappa shape index (κ1) is 15.6. The van der Waals surface area contributed by atoms with Gasteiger partial charge in [-0.2, -0.15) is 5.10 Å². The largest absolute Gasteiger partial charge is 0.496 e. The summed E-state index contributed by atoms with van der Waals surface area (Å²) in [4.78, 5) is 22.9. The smallest absolute Gasteiger partial charge is 0.335 e. The maximum Gasteiger partial charge on any atom is 0.335 e. The van der Waals surface area contributed by atoms with Crippen LogP contribution in [0.1, 0.15) is 26.4 Å². The van der Waals surface area contributed by atoms with Gasteiger partial charge in [0.15, 0.2) is 0 Å². The molecule has 0 radical (unpaired) electrons. The van der Waals surface area contributed by atoms with Gasteiger partial charge in [-0.1, -0.05) is 6.07 Å². The molecule has 0 unspecified atom stereocenters. The molecule has 0 atom stereocenters. The molecule has 2 rings (SSSR count). The van der Waals surface area contributed by atoms with Gasteiger partial charge in [0, 0.05) is 19.8 Å². The molecule has 0 aliphatic carbocycles. The Kier molecular flexibility index (Phi) is 4.77. The number of rotatable bonds is 6. The lowest BCUT2D eigenvalue weighted by atomic mass is 10.1. The van der Waals surface area contributed by atoms with Gasteiger partial charge in [-0.05, 0) is 30.2 Å². The van der Waals surface area contributed by atoms with Gasteiger partial charge in [0.1, 0.15) is 11.4 Å². The number of methoxy groups -OCH3 is 1. The lowest BCUT2D eigenvalue weighted by Gasteiger charge is -2.10. The minimum absolute atomic E-state index is 0.166. The number of carbonyl (C=O) groups is 2. The summed E-state index contributed by atoms with van der Waals surface area (Å²) in [7, 11) is 3.18. The van der Waals surface area contributed by atoms with Crippen molar-refractivity contribution in [3.63, 3.8) is 0 Å². The third-order valence-electron chi connectivity index (χ3n) is 3.27. The summed E-state index contributed by atoms with van der Waals surface area (Å²) in [5.74, 6) is -0.717. The Labute approximate surface area is 127 Å². The number of nitrogens with one attached hydrogen (secondary N) is 1. The van der Waals surface area contributed by atoms with Gasteiger partial charge in [0.25, 0.3) is 5.91 Å². The van der Waals surface area contributed by atoms with E-state index in [2.05, 4.69) is 10.4 Å². The highest BCUT2D eigenvalue weighted by atomic mass is 16.5. The number of nitrogens with zero attached hydrogens (tertiary/aromatic N) is 2. The maximum atomic E-state index is 11.9. The lowest BCUT2D eigenvalue weighted by Crippen LogP contribution is -2.27. The molecule has 1 aromatic heterocycles. The molecule has 0 saturated heterocycles. The summed E-state index contributed by atoms with van der Waals surface area (Å²) in [5.41, 5.74) is 1.48. The number of aromatic carboxylic acids is 1. The Hall–Kier alpha value is -2.83. The van der Waals surface area contributed by atoms with Crippen LogP contribution in [0.2, 0.25) is 0 Å². The summed E-state index contributed by atoms with van der Waals surface area (Å²) in [6, 6.07) is 6.32. The molecule has 2 aromatic rings. The first-order valence-electron chi connectivity index (χ1n) is 6.69. The summed E-state index contributed by atoms with van der Waals surface area (Å²) in [5, 5.41) is 15.7. The number of ether oxygens (including phenoxy) is 1. The number of carbonyl (C=O) groups excluding carboxylic acids is 1. The molecule has 0 aliphatic heterocycles. The molecular weight excluding hydrogens is 286 g/mol. The number of aryl methyl sites for hydroxylation is 1. The van der Waals surface area contributed by atoms with Gasteiger partial charge < -0.3 is 15.2 Å². The van der Waals surface area contributed by atoms with Gasteiger partial charge in [-0.25, -0.2) is 4.79 Å². The van der Waals surface area contributed by atoms with Crippen molar-refractivity contribution >= 4 is 11.9 Å². The van der Waals surface area contributed by atoms with Crippen molar-refractivity contribution in [2.24, 2.45) is 7.05 Å². The van der Waals surface area contributed by atoms with E-state index in [1.165, 1.54) is 23.9 Å². The van der Waals surface area contributed by atoms with Crippen LogP contribution in [-0.4, -0.2) is 40.4 Å². The fourth-order valence-corrected chi connectivity index (χ4v) is 2.08. The first-order valence-corrected chi connectivity index (χ1v) is 6.69. The molecule has 2 N–H and O–H groups in total. The molecule has 0 saturated carbocycles. The molecule has 1 heterocycles. The van der Waals surface area contributed by atoms with Crippen molar-refractivity contribution in [3.05, 3.63) is 47.3 Å². The van der Waals surface area contributed by atoms with Crippen LogP contribution in [0.15, 0.2) is 30.5 Å². The first-order chi connectivity index (χ1) is 10.5. The Bertz CT molecular complexity index is 694. The van der Waals surface area contributed by atoms with Crippen LogP contribution in [0, 0.1) is 0 Å². The minimum Gasteiger partial charge on any atom is -0.496 e. The second kappa shape index (κ2) is 6.75. The molecule has 7 nitrogen and oxygen atoms in total. The van der Waals surface area contributed by atoms with Gasteiger partial charge in [0.05, 0.1) is 12.7 Å². The van der Waals surface area contributed by atoms with Crippen LogP contribution in [0.25, 0.3) is 0 Å². The SMILES string of the molecule is COc1cc(C(=O)O)ccc1CCNC(=O)c1ccnn1C. The molecule has 7 heteroatoms. The van der Waals surface area contributed by atoms with E-state index in [0.29, 0.717) is 24.4 Å². The monoisotopic (exact) mass is 303 g/mol. The number of carboxylic acid groups (broad SMARTS) is 1. The molecule has 0 bridgehead atoms. The van der Waals surface area contributed by atoms with E-state index in [1.54, 1.807) is 25.4 Å². The normalized spacial score (nSPS) is 10.3. The van der Waals surface area contributed by atoms with Crippen LogP contribution in [0.3, 0.4) is 0 Å². The molecule has 0 fully saturated rings. The molecule has 116 valence electrons. The van der Waals surface area contributed by atoms with Crippen molar-refractivity contribution in [1.82, 2.24) is 15.1 Å². The van der Waals surface area contributed by atoms with Crippen molar-refractivity contribution in [2.45, 2.75) is 6.42 Å². The van der Waals surface area contributed by atoms with Crippen molar-refractivity contribution in [2.75, 3.05) is 13.7 Å². The number of hydrogen-bond acceptors (Lipinski definition) is 4. The predicted octanol–water partition coefficient (Wildman–Crippen LogP) is 1.10. The van der Waals surface area contributed by atoms with E-state index >= 15 is 0 Å². The van der Waals surface area contributed by atoms with E-state index in [9.17, 15) is 9.59 Å². The molecular formula is C15H17N3O4. The van der Waals surface area contributed by atoms with Gasteiger partial charge in [-0.3, -0.25) is 9.48 Å². The van der Waals surface area contributed by atoms with Crippen molar-refractivity contribution in [3.8, 4) is 5.75 Å². The van der Waals surface area contributed by atoms with Crippen LogP contribution in [0.4, 0.5) is 0 Å². The summed E-state index contributed by atoms with van der Waals surface area (Å²) >= 11 is 0. The third-order valence-corrected chi connectivity index (χ3v) is 3.27. The predicted molar refractivity (Wildman–Crippen MR) is 79.2 cm³/mol. The maximum absolute atomic E-state index is 11.9. The van der Waals surface area contributed by atoms with E-state index in [1.807, 2.05) is 0 Å². The van der Waals surface area contributed by atoms with Crippen molar-refractivity contribution < 1.29 is 19.4 Å². The number of benzene rings is 1. The highest BCUT2D eigenvalue weighted by Gasteiger charge is 2.11. The molecule has 0 spiro atoms. The number of hydrogen-bond donors (Lipinski definition) is 2. The highest BCUT2D eigenvalue weighted by Crippen LogP contribution is 2.20. The van der Waals surface area contributed by atoms with E-state index < -0.39 is 5.97 Å². The number of amides is 1. The Morgan fingerprint density at radius 1 is 1.36 bits per heavy atom. The lowest BCUT2D eigenvalue weighted by molar-refractivity contribution is 0.0696. The van der Waals surface area contributed by atoms with Crippen LogP contribution >= 0.6 is 0 Å². The van der Waals surface area contributed by atoms with Crippen LogP contribution in [0.5, 0.6) is 5.75 Å². The topological polar surface area (TPSA) is 93.4 Å². The summed E-state index contributed by atoms with van der Waals surface area (Å²) in [6.07, 6.45) is 2.09. The van der Waals surface area contributed by atoms with Gasteiger partial charge in [-0.15, -0.1) is 0 Å². The van der Waals surface area contributed by atoms with E-state index in [4.69, 9.17) is 9.84 Å². The number of aromatic nitrogens is 2. The highest BCUT2D eigenvalue weighted by molar-refractivity contribution is 5.92. The third kappa shape index (κ3) is 3.43. The standard InChI is InChI=1S/C15H17N3O4/c1-18-12(6-8-17-18)14(19)16-7-5-10-3-4-11(15(20)21)9-13(10)22-2/h3-4,6,8-9H,5,7H2,1-2H3,(H,16,19)(H,20,21). The molecule has 0 aliphatic rings. The Balaban J connectivity index is 1.98. The van der Waals surface area contributed by atoms with Crippen LogP contribution in [-0.2, 0) is 13.5 Å². The van der Waals surface area contributed by atoms with Crippen molar-refractivity contribution in [1.29, 1.82) is 0 Å². The zero-order chi connectivity index (χ0) is 16.1. The molecule has 1 amide bonds. The van der Waals surface area contributed by atoms with E-state index in [-0.39, 0.29) is 11.5 Å². The number of carboxylic acids is 1. The Morgan fingerprint density at radius 3 is 2.73 bits per heavy atom. The average Bonchev–Trinajstić information content (AvgIpc) is 2.93. The Morgan fingerprint density at radius 2 is 2.14 bits per heavy atom. The minimum atomic E-state index is -1.01. The van der Waals surface area contributed by atoms with Crippen LogP contribution < -0.4 is 10.1 Å². The molecule has 1 aromatic carbocycles. The molecule has 22 heavy (non-hydrogen) atoms. The second-order valence-electron chi connectivity index (χ2n) is 4.68. The van der Waals surface area contributed by atoms with Gasteiger partial charge in [0.2, 0.25) is 0 Å².